The molecule has 2 aromatic heterocycles. The SMILES string of the molecule is CC(=NC1CCCCC1N=C(C)c1ncc[nH]1)c1ncc[nH]1. The fourth-order valence-electron chi connectivity index (χ4n) is 2.94. The van der Waals surface area contributed by atoms with Gasteiger partial charge in [-0.2, -0.15) is 0 Å². The van der Waals surface area contributed by atoms with Gasteiger partial charge in [-0.15, -0.1) is 0 Å². The van der Waals surface area contributed by atoms with Gasteiger partial charge in [0.15, 0.2) is 11.6 Å². The predicted molar refractivity (Wildman–Crippen MR) is 87.6 cm³/mol. The van der Waals surface area contributed by atoms with E-state index in [1.807, 2.05) is 26.2 Å². The minimum Gasteiger partial charge on any atom is -0.344 e. The van der Waals surface area contributed by atoms with Crippen LogP contribution < -0.4 is 0 Å². The van der Waals surface area contributed by atoms with Crippen LogP contribution in [-0.2, 0) is 0 Å². The molecule has 6 heteroatoms. The van der Waals surface area contributed by atoms with Crippen LogP contribution in [0.4, 0.5) is 0 Å². The smallest absolute Gasteiger partial charge is 0.150 e. The minimum absolute atomic E-state index is 0.226. The topological polar surface area (TPSA) is 82.1 Å². The summed E-state index contributed by atoms with van der Waals surface area (Å²) in [7, 11) is 0. The van der Waals surface area contributed by atoms with Crippen LogP contribution in [0, 0.1) is 0 Å². The van der Waals surface area contributed by atoms with Gasteiger partial charge < -0.3 is 9.97 Å². The van der Waals surface area contributed by atoms with Crippen molar-refractivity contribution in [3.05, 3.63) is 36.4 Å². The lowest BCUT2D eigenvalue weighted by molar-refractivity contribution is 0.388. The molecule has 1 fully saturated rings. The number of nitrogens with zero attached hydrogens (tertiary/aromatic N) is 4. The van der Waals surface area contributed by atoms with Crippen molar-refractivity contribution >= 4 is 11.4 Å². The molecule has 2 heterocycles. The van der Waals surface area contributed by atoms with Crippen molar-refractivity contribution in [1.82, 2.24) is 19.9 Å². The van der Waals surface area contributed by atoms with Crippen molar-refractivity contribution in [2.24, 2.45) is 9.98 Å². The predicted octanol–water partition coefficient (Wildman–Crippen LogP) is 2.76. The van der Waals surface area contributed by atoms with Gasteiger partial charge in [-0.25, -0.2) is 9.97 Å². The fraction of sp³-hybridized carbons (Fsp3) is 0.500. The average molecular weight is 298 g/mol. The molecule has 0 spiro atoms. The Kier molecular flexibility index (Phi) is 4.46. The summed E-state index contributed by atoms with van der Waals surface area (Å²) in [5.41, 5.74) is 1.90. The normalized spacial score (nSPS) is 23.7. The number of imidazole rings is 2. The Morgan fingerprint density at radius 2 is 1.36 bits per heavy atom. The van der Waals surface area contributed by atoms with Crippen LogP contribution in [0.3, 0.4) is 0 Å². The molecule has 1 aliphatic rings. The molecule has 0 aliphatic heterocycles. The molecule has 2 aromatic rings. The van der Waals surface area contributed by atoms with Crippen LogP contribution in [0.1, 0.15) is 51.2 Å². The second kappa shape index (κ2) is 6.68. The van der Waals surface area contributed by atoms with Crippen LogP contribution in [0.2, 0.25) is 0 Å². The van der Waals surface area contributed by atoms with E-state index in [1.54, 1.807) is 12.4 Å². The Hall–Kier alpha value is -2.24. The summed E-state index contributed by atoms with van der Waals surface area (Å²) in [5, 5.41) is 0. The number of aromatic nitrogens is 4. The molecule has 0 bridgehead atoms. The fourth-order valence-corrected chi connectivity index (χ4v) is 2.94. The number of hydrogen-bond acceptors (Lipinski definition) is 4. The number of nitrogens with one attached hydrogen (secondary N) is 2. The van der Waals surface area contributed by atoms with E-state index in [1.165, 1.54) is 12.8 Å². The highest BCUT2D eigenvalue weighted by molar-refractivity contribution is 5.96. The lowest BCUT2D eigenvalue weighted by atomic mass is 9.91. The molecule has 1 saturated carbocycles. The summed E-state index contributed by atoms with van der Waals surface area (Å²) in [5.74, 6) is 1.69. The first-order valence-corrected chi connectivity index (χ1v) is 7.82. The largest absolute Gasteiger partial charge is 0.344 e. The Morgan fingerprint density at radius 1 is 0.909 bits per heavy atom. The second-order valence-electron chi connectivity index (χ2n) is 5.72. The third-order valence-corrected chi connectivity index (χ3v) is 4.09. The van der Waals surface area contributed by atoms with Crippen LogP contribution in [-0.4, -0.2) is 43.4 Å². The van der Waals surface area contributed by atoms with Crippen molar-refractivity contribution in [3.8, 4) is 0 Å². The van der Waals surface area contributed by atoms with E-state index in [2.05, 4.69) is 19.9 Å². The van der Waals surface area contributed by atoms with Gasteiger partial charge in [0.05, 0.1) is 23.5 Å². The van der Waals surface area contributed by atoms with Gasteiger partial charge in [0, 0.05) is 24.8 Å². The first kappa shape index (κ1) is 14.7. The maximum Gasteiger partial charge on any atom is 0.150 e. The van der Waals surface area contributed by atoms with E-state index in [0.717, 1.165) is 35.9 Å². The molecule has 0 radical (unpaired) electrons. The summed E-state index contributed by atoms with van der Waals surface area (Å²) in [6.45, 7) is 4.02. The minimum atomic E-state index is 0.226. The number of hydrogen-bond donors (Lipinski definition) is 2. The standard InChI is InChI=1S/C16H22N6/c1-11(15-17-7-8-18-15)21-13-5-3-4-6-14(13)22-12(2)16-19-9-10-20-16/h7-10,13-14H,3-6H2,1-2H3,(H,17,18)(H,19,20). The highest BCUT2D eigenvalue weighted by atomic mass is 15.0. The molecule has 0 amide bonds. The zero-order valence-electron chi connectivity index (χ0n) is 13.1. The zero-order valence-corrected chi connectivity index (χ0v) is 13.1. The molecule has 116 valence electrons. The third-order valence-electron chi connectivity index (χ3n) is 4.09. The van der Waals surface area contributed by atoms with Gasteiger partial charge in [-0.05, 0) is 26.7 Å². The Labute approximate surface area is 130 Å². The molecule has 6 nitrogen and oxygen atoms in total. The van der Waals surface area contributed by atoms with E-state index in [-0.39, 0.29) is 12.1 Å². The molecular formula is C16H22N6. The van der Waals surface area contributed by atoms with E-state index >= 15 is 0 Å². The number of aromatic amines is 2. The molecule has 2 atom stereocenters. The summed E-state index contributed by atoms with van der Waals surface area (Å²) in [6, 6.07) is 0.451. The first-order chi connectivity index (χ1) is 10.7. The molecule has 0 saturated heterocycles. The van der Waals surface area contributed by atoms with E-state index in [0.29, 0.717) is 0 Å². The number of H-pyrrole nitrogens is 2. The van der Waals surface area contributed by atoms with Crippen LogP contribution in [0.5, 0.6) is 0 Å². The molecule has 0 aromatic carbocycles. The first-order valence-electron chi connectivity index (χ1n) is 7.82. The molecular weight excluding hydrogens is 276 g/mol. The molecule has 1 aliphatic carbocycles. The quantitative estimate of drug-likeness (QED) is 0.851. The van der Waals surface area contributed by atoms with Crippen molar-refractivity contribution < 1.29 is 0 Å². The summed E-state index contributed by atoms with van der Waals surface area (Å²) < 4.78 is 0. The van der Waals surface area contributed by atoms with Gasteiger partial charge in [0.1, 0.15) is 0 Å². The van der Waals surface area contributed by atoms with Gasteiger partial charge >= 0.3 is 0 Å². The van der Waals surface area contributed by atoms with E-state index < -0.39 is 0 Å². The lowest BCUT2D eigenvalue weighted by Crippen LogP contribution is -2.29. The monoisotopic (exact) mass is 298 g/mol. The lowest BCUT2D eigenvalue weighted by Gasteiger charge is -2.26. The van der Waals surface area contributed by atoms with Crippen molar-refractivity contribution in [2.75, 3.05) is 0 Å². The second-order valence-corrected chi connectivity index (χ2v) is 5.72. The van der Waals surface area contributed by atoms with Gasteiger partial charge in [-0.3, -0.25) is 9.98 Å². The highest BCUT2D eigenvalue weighted by Gasteiger charge is 2.25. The van der Waals surface area contributed by atoms with Crippen molar-refractivity contribution in [1.29, 1.82) is 0 Å². The maximum atomic E-state index is 4.88. The van der Waals surface area contributed by atoms with Crippen LogP contribution in [0.15, 0.2) is 34.8 Å². The molecule has 3 rings (SSSR count). The van der Waals surface area contributed by atoms with Crippen LogP contribution in [0.25, 0.3) is 0 Å². The van der Waals surface area contributed by atoms with Crippen LogP contribution >= 0.6 is 0 Å². The number of rotatable bonds is 4. The zero-order chi connectivity index (χ0) is 15.4. The van der Waals surface area contributed by atoms with Gasteiger partial charge in [0.2, 0.25) is 0 Å². The third kappa shape index (κ3) is 3.32. The molecule has 22 heavy (non-hydrogen) atoms. The summed E-state index contributed by atoms with van der Waals surface area (Å²) >= 11 is 0. The Morgan fingerprint density at radius 3 is 1.73 bits per heavy atom. The van der Waals surface area contributed by atoms with Crippen molar-refractivity contribution in [2.45, 2.75) is 51.6 Å². The van der Waals surface area contributed by atoms with E-state index in [4.69, 9.17) is 9.98 Å². The van der Waals surface area contributed by atoms with Gasteiger partial charge in [-0.1, -0.05) is 12.8 Å². The van der Waals surface area contributed by atoms with Gasteiger partial charge in [0.25, 0.3) is 0 Å². The summed E-state index contributed by atoms with van der Waals surface area (Å²) in [6.07, 6.45) is 11.8. The molecule has 2 unspecified atom stereocenters. The summed E-state index contributed by atoms with van der Waals surface area (Å²) in [4.78, 5) is 24.5. The van der Waals surface area contributed by atoms with E-state index in [9.17, 15) is 0 Å². The van der Waals surface area contributed by atoms with Crippen molar-refractivity contribution in [3.63, 3.8) is 0 Å². The molecule has 2 N–H and O–H groups in total. The number of aliphatic imine (C=N–C) groups is 2. The highest BCUT2D eigenvalue weighted by Crippen LogP contribution is 2.25. The Balaban J connectivity index is 1.80. The Bertz CT molecular complexity index is 580. The average Bonchev–Trinajstić information content (AvgIpc) is 3.23. The maximum absolute atomic E-state index is 4.88.